The van der Waals surface area contributed by atoms with Gasteiger partial charge in [0.15, 0.2) is 0 Å². The number of ether oxygens (including phenoxy) is 2. The molecule has 0 aliphatic heterocycles. The molecular formula is C22H42O2. The topological polar surface area (TPSA) is 18.5 Å². The van der Waals surface area contributed by atoms with E-state index in [0.29, 0.717) is 12.2 Å². The van der Waals surface area contributed by atoms with E-state index < -0.39 is 0 Å². The van der Waals surface area contributed by atoms with Gasteiger partial charge in [-0.15, -0.1) is 0 Å². The first kappa shape index (κ1) is 22.0. The monoisotopic (exact) mass is 338 g/mol. The largest absolute Gasteiger partial charge is 0.337 e. The van der Waals surface area contributed by atoms with E-state index in [4.69, 9.17) is 9.47 Å². The molecule has 0 unspecified atom stereocenters. The molecule has 0 saturated heterocycles. The lowest BCUT2D eigenvalue weighted by atomic mass is 9.89. The number of unbranched alkanes of at least 4 members (excludes halogenated alkanes) is 7. The van der Waals surface area contributed by atoms with Gasteiger partial charge in [-0.3, -0.25) is 0 Å². The molecule has 0 aromatic rings. The van der Waals surface area contributed by atoms with Crippen LogP contribution in [0, 0.1) is 12.7 Å². The number of rotatable bonds is 15. The zero-order valence-electron chi connectivity index (χ0n) is 16.7. The molecule has 1 aliphatic rings. The Morgan fingerprint density at radius 1 is 0.792 bits per heavy atom. The molecule has 0 bridgehead atoms. The highest BCUT2D eigenvalue weighted by Gasteiger charge is 2.19. The maximum absolute atomic E-state index is 5.80. The van der Waals surface area contributed by atoms with E-state index in [1.807, 2.05) is 0 Å². The molecule has 0 amide bonds. The molecule has 0 heterocycles. The molecule has 0 spiro atoms. The van der Waals surface area contributed by atoms with Gasteiger partial charge in [-0.25, -0.2) is 0 Å². The lowest BCUT2D eigenvalue weighted by Gasteiger charge is -2.26. The van der Waals surface area contributed by atoms with Crippen molar-refractivity contribution in [2.75, 3.05) is 0 Å². The average Bonchev–Trinajstić information content (AvgIpc) is 2.59. The quantitative estimate of drug-likeness (QED) is 0.292. The number of hydrogen-bond acceptors (Lipinski definition) is 2. The summed E-state index contributed by atoms with van der Waals surface area (Å²) in [5.41, 5.74) is 0. The van der Waals surface area contributed by atoms with Crippen LogP contribution in [-0.4, -0.2) is 12.2 Å². The zero-order valence-corrected chi connectivity index (χ0v) is 16.7. The minimum atomic E-state index is 0.303. The highest BCUT2D eigenvalue weighted by atomic mass is 16.7. The molecule has 0 aromatic heterocycles. The molecule has 1 saturated carbocycles. The van der Waals surface area contributed by atoms with Gasteiger partial charge in [0, 0.05) is 0 Å². The molecule has 2 heteroatoms. The van der Waals surface area contributed by atoms with Crippen LogP contribution >= 0.6 is 0 Å². The first-order valence-corrected chi connectivity index (χ1v) is 10.8. The fourth-order valence-corrected chi connectivity index (χ4v) is 3.60. The van der Waals surface area contributed by atoms with Gasteiger partial charge in [-0.2, -0.15) is 0 Å². The predicted molar refractivity (Wildman–Crippen MR) is 103 cm³/mol. The van der Waals surface area contributed by atoms with Gasteiger partial charge in [0.1, 0.15) is 0 Å². The summed E-state index contributed by atoms with van der Waals surface area (Å²) in [5, 5.41) is 0. The summed E-state index contributed by atoms with van der Waals surface area (Å²) in [4.78, 5) is 0. The van der Waals surface area contributed by atoms with Crippen LogP contribution < -0.4 is 0 Å². The zero-order chi connectivity index (χ0) is 17.5. The van der Waals surface area contributed by atoms with Gasteiger partial charge < -0.3 is 9.47 Å². The third kappa shape index (κ3) is 11.5. The summed E-state index contributed by atoms with van der Waals surface area (Å²) in [5.74, 6) is 0.862. The summed E-state index contributed by atoms with van der Waals surface area (Å²) in [7, 11) is 0. The first-order chi connectivity index (χ1) is 11.8. The van der Waals surface area contributed by atoms with E-state index in [-0.39, 0.29) is 0 Å². The predicted octanol–water partition coefficient (Wildman–Crippen LogP) is 7.29. The van der Waals surface area contributed by atoms with E-state index >= 15 is 0 Å². The first-order valence-electron chi connectivity index (χ1n) is 10.8. The molecule has 142 valence electrons. The Hall–Kier alpha value is -0.0800. The van der Waals surface area contributed by atoms with Gasteiger partial charge >= 0.3 is 0 Å². The van der Waals surface area contributed by atoms with Crippen molar-refractivity contribution in [3.05, 3.63) is 6.79 Å². The standard InChI is InChI=1S/C22H42O2/c1-4-6-7-8-9-10-11-12-14-21(13-5-2)23-19-24-22-17-15-20(3)16-18-22/h20-22H,4-18H2,1-3H3/t20-,21-,22-/m1/s1. The van der Waals surface area contributed by atoms with Gasteiger partial charge in [0.05, 0.1) is 12.2 Å². The van der Waals surface area contributed by atoms with E-state index in [2.05, 4.69) is 27.6 Å². The molecule has 1 atom stereocenters. The Kier molecular flexibility index (Phi) is 13.9. The Morgan fingerprint density at radius 3 is 2.04 bits per heavy atom. The van der Waals surface area contributed by atoms with Crippen molar-refractivity contribution in [3.8, 4) is 0 Å². The van der Waals surface area contributed by atoms with E-state index in [0.717, 1.165) is 31.6 Å². The Labute approximate surface area is 152 Å². The summed E-state index contributed by atoms with van der Waals surface area (Å²) >= 11 is 0. The highest BCUT2D eigenvalue weighted by molar-refractivity contribution is 4.70. The van der Waals surface area contributed by atoms with Crippen molar-refractivity contribution in [2.24, 2.45) is 5.92 Å². The van der Waals surface area contributed by atoms with Gasteiger partial charge in [-0.1, -0.05) is 78.6 Å². The normalized spacial score (nSPS) is 22.6. The third-order valence-corrected chi connectivity index (χ3v) is 5.38. The van der Waals surface area contributed by atoms with Crippen LogP contribution in [0.5, 0.6) is 0 Å². The van der Waals surface area contributed by atoms with E-state index in [1.165, 1.54) is 70.6 Å². The second-order valence-electron chi connectivity index (χ2n) is 7.88. The van der Waals surface area contributed by atoms with Crippen molar-refractivity contribution in [2.45, 2.75) is 129 Å². The smallest absolute Gasteiger partial charge is 0.292 e. The Morgan fingerprint density at radius 2 is 1.42 bits per heavy atom. The molecule has 2 nitrogen and oxygen atoms in total. The molecule has 0 N–H and O–H groups in total. The maximum atomic E-state index is 5.80. The molecular weight excluding hydrogens is 296 g/mol. The summed E-state index contributed by atoms with van der Waals surface area (Å²) in [6.07, 6.45) is 19.9. The van der Waals surface area contributed by atoms with Crippen LogP contribution in [0.4, 0.5) is 0 Å². The minimum absolute atomic E-state index is 0.303. The molecule has 1 aliphatic carbocycles. The van der Waals surface area contributed by atoms with Crippen LogP contribution in [0.25, 0.3) is 0 Å². The van der Waals surface area contributed by atoms with Crippen molar-refractivity contribution in [1.29, 1.82) is 0 Å². The van der Waals surface area contributed by atoms with Crippen molar-refractivity contribution in [1.82, 2.24) is 0 Å². The molecule has 0 aromatic carbocycles. The molecule has 24 heavy (non-hydrogen) atoms. The van der Waals surface area contributed by atoms with E-state index in [9.17, 15) is 0 Å². The maximum Gasteiger partial charge on any atom is 0.292 e. The fraction of sp³-hybridized carbons (Fsp3) is 0.955. The second-order valence-corrected chi connectivity index (χ2v) is 7.88. The van der Waals surface area contributed by atoms with Crippen LogP contribution in [-0.2, 0) is 9.47 Å². The van der Waals surface area contributed by atoms with Crippen molar-refractivity contribution in [3.63, 3.8) is 0 Å². The Balaban J connectivity index is 2.00. The van der Waals surface area contributed by atoms with Gasteiger partial charge in [-0.05, 0) is 44.4 Å². The fourth-order valence-electron chi connectivity index (χ4n) is 3.60. The lowest BCUT2D eigenvalue weighted by Crippen LogP contribution is -2.21. The van der Waals surface area contributed by atoms with Crippen LogP contribution in [0.1, 0.15) is 117 Å². The average molecular weight is 339 g/mol. The van der Waals surface area contributed by atoms with Gasteiger partial charge in [0.2, 0.25) is 0 Å². The van der Waals surface area contributed by atoms with Crippen LogP contribution in [0.3, 0.4) is 0 Å². The number of hydrogen-bond donors (Lipinski definition) is 0. The summed E-state index contributed by atoms with van der Waals surface area (Å²) < 4.78 is 11.5. The Bertz CT molecular complexity index is 259. The summed E-state index contributed by atoms with van der Waals surface area (Å²) in [6.45, 7) is 9.67. The highest BCUT2D eigenvalue weighted by Crippen LogP contribution is 2.26. The molecule has 1 fully saturated rings. The SMILES string of the molecule is CCCCCCCCCC[C@@H](CCC)O[C]O[C@H]1CC[C@H](C)CC1. The van der Waals surface area contributed by atoms with Crippen LogP contribution in [0.2, 0.25) is 0 Å². The molecule has 2 radical (unpaired) electrons. The molecule has 1 rings (SSSR count). The second kappa shape index (κ2) is 15.2. The van der Waals surface area contributed by atoms with E-state index in [1.54, 1.807) is 0 Å². The minimum Gasteiger partial charge on any atom is -0.337 e. The van der Waals surface area contributed by atoms with Crippen molar-refractivity contribution >= 4 is 0 Å². The lowest BCUT2D eigenvalue weighted by molar-refractivity contribution is -0.0688. The third-order valence-electron chi connectivity index (χ3n) is 5.38. The van der Waals surface area contributed by atoms with Gasteiger partial charge in [0.25, 0.3) is 6.79 Å². The summed E-state index contributed by atoms with van der Waals surface area (Å²) in [6, 6.07) is 0. The van der Waals surface area contributed by atoms with Crippen LogP contribution in [0.15, 0.2) is 0 Å². The van der Waals surface area contributed by atoms with Crippen molar-refractivity contribution < 1.29 is 9.47 Å².